The van der Waals surface area contributed by atoms with E-state index in [4.69, 9.17) is 4.74 Å². The lowest BCUT2D eigenvalue weighted by atomic mass is 10.1. The Kier molecular flexibility index (Phi) is 5.83. The van der Waals surface area contributed by atoms with Crippen LogP contribution in [0.3, 0.4) is 0 Å². The van der Waals surface area contributed by atoms with Crippen LogP contribution in [0.25, 0.3) is 0 Å². The first-order valence-electron chi connectivity index (χ1n) is 7.15. The van der Waals surface area contributed by atoms with Gasteiger partial charge in [-0.1, -0.05) is 24.3 Å². The third kappa shape index (κ3) is 4.49. The van der Waals surface area contributed by atoms with E-state index in [1.165, 1.54) is 0 Å². The van der Waals surface area contributed by atoms with Crippen LogP contribution in [0.4, 0.5) is 10.5 Å². The third-order valence-electron chi connectivity index (χ3n) is 3.16. The number of urea groups is 1. The molecule has 2 aromatic carbocycles. The van der Waals surface area contributed by atoms with Crippen LogP contribution in [-0.2, 0) is 0 Å². The van der Waals surface area contributed by atoms with Crippen LogP contribution in [0.15, 0.2) is 53.0 Å². The average Bonchev–Trinajstić information content (AvgIpc) is 2.50. The van der Waals surface area contributed by atoms with Crippen molar-refractivity contribution in [2.45, 2.75) is 19.9 Å². The summed E-state index contributed by atoms with van der Waals surface area (Å²) in [5, 5.41) is 5.73. The van der Waals surface area contributed by atoms with E-state index >= 15 is 0 Å². The molecule has 0 aliphatic rings. The first-order chi connectivity index (χ1) is 10.6. The number of amides is 2. The molecule has 0 bridgehead atoms. The molecule has 2 rings (SSSR count). The van der Waals surface area contributed by atoms with E-state index in [9.17, 15) is 4.79 Å². The van der Waals surface area contributed by atoms with Crippen molar-refractivity contribution >= 4 is 27.6 Å². The van der Waals surface area contributed by atoms with Gasteiger partial charge in [-0.05, 0) is 59.6 Å². The molecular formula is C17H19BrN2O2. The Morgan fingerprint density at radius 3 is 2.50 bits per heavy atom. The van der Waals surface area contributed by atoms with Crippen molar-refractivity contribution in [3.05, 3.63) is 58.6 Å². The summed E-state index contributed by atoms with van der Waals surface area (Å²) in [5.41, 5.74) is 1.75. The van der Waals surface area contributed by atoms with Crippen molar-refractivity contribution in [2.75, 3.05) is 11.9 Å². The fourth-order valence-electron chi connectivity index (χ4n) is 2.02. The molecule has 0 unspecified atom stereocenters. The van der Waals surface area contributed by atoms with Gasteiger partial charge in [0.25, 0.3) is 0 Å². The molecule has 0 fully saturated rings. The Morgan fingerprint density at radius 1 is 1.18 bits per heavy atom. The van der Waals surface area contributed by atoms with Gasteiger partial charge in [0.2, 0.25) is 0 Å². The maximum atomic E-state index is 12.1. The Morgan fingerprint density at radius 2 is 1.86 bits per heavy atom. The van der Waals surface area contributed by atoms with Crippen LogP contribution in [0.5, 0.6) is 5.75 Å². The lowest BCUT2D eigenvalue weighted by Crippen LogP contribution is -2.31. The van der Waals surface area contributed by atoms with Gasteiger partial charge in [-0.25, -0.2) is 4.79 Å². The molecule has 2 amide bonds. The summed E-state index contributed by atoms with van der Waals surface area (Å²) >= 11 is 3.40. The topological polar surface area (TPSA) is 50.4 Å². The van der Waals surface area contributed by atoms with Crippen molar-refractivity contribution in [1.29, 1.82) is 0 Å². The highest BCUT2D eigenvalue weighted by molar-refractivity contribution is 9.10. The van der Waals surface area contributed by atoms with Crippen LogP contribution >= 0.6 is 15.9 Å². The zero-order valence-electron chi connectivity index (χ0n) is 12.6. The molecule has 5 heteroatoms. The molecule has 0 saturated carbocycles. The highest BCUT2D eigenvalue weighted by Crippen LogP contribution is 2.22. The average molecular weight is 363 g/mol. The van der Waals surface area contributed by atoms with Gasteiger partial charge in [0, 0.05) is 4.47 Å². The maximum Gasteiger partial charge on any atom is 0.319 e. The van der Waals surface area contributed by atoms with Crippen LogP contribution in [0.2, 0.25) is 0 Å². The number of anilines is 1. The number of benzene rings is 2. The van der Waals surface area contributed by atoms with Gasteiger partial charge in [-0.2, -0.15) is 0 Å². The Labute approximate surface area is 139 Å². The van der Waals surface area contributed by atoms with E-state index in [0.29, 0.717) is 6.61 Å². The molecule has 0 aliphatic carbocycles. The molecule has 22 heavy (non-hydrogen) atoms. The Balaban J connectivity index is 1.94. The summed E-state index contributed by atoms with van der Waals surface area (Å²) in [4.78, 5) is 12.1. The van der Waals surface area contributed by atoms with Crippen LogP contribution < -0.4 is 15.4 Å². The van der Waals surface area contributed by atoms with Crippen molar-refractivity contribution in [3.63, 3.8) is 0 Å². The molecule has 1 atom stereocenters. The first kappa shape index (κ1) is 16.4. The molecule has 2 aromatic rings. The fraction of sp³-hybridized carbons (Fsp3) is 0.235. The molecular weight excluding hydrogens is 344 g/mol. The number of ether oxygens (including phenoxy) is 1. The van der Waals surface area contributed by atoms with E-state index in [0.717, 1.165) is 21.5 Å². The number of nitrogens with one attached hydrogen (secondary N) is 2. The Bertz CT molecular complexity index is 629. The standard InChI is InChI=1S/C17H19BrN2O2/c1-3-22-14-10-8-13(9-11-14)12(2)19-17(21)20-16-7-5-4-6-15(16)18/h4-12H,3H2,1-2H3,(H2,19,20,21)/t12-/m1/s1. The minimum Gasteiger partial charge on any atom is -0.494 e. The smallest absolute Gasteiger partial charge is 0.319 e. The van der Waals surface area contributed by atoms with Crippen molar-refractivity contribution in [1.82, 2.24) is 5.32 Å². The number of carbonyl (C=O) groups is 1. The second-order valence-electron chi connectivity index (χ2n) is 4.80. The zero-order chi connectivity index (χ0) is 15.9. The minimum absolute atomic E-state index is 0.0989. The molecule has 4 nitrogen and oxygen atoms in total. The second kappa shape index (κ2) is 7.84. The summed E-state index contributed by atoms with van der Waals surface area (Å²) in [6.45, 7) is 4.53. The van der Waals surface area contributed by atoms with E-state index in [1.807, 2.05) is 62.4 Å². The van der Waals surface area contributed by atoms with E-state index in [-0.39, 0.29) is 12.1 Å². The van der Waals surface area contributed by atoms with Crippen LogP contribution in [-0.4, -0.2) is 12.6 Å². The van der Waals surface area contributed by atoms with E-state index in [2.05, 4.69) is 26.6 Å². The van der Waals surface area contributed by atoms with Gasteiger partial charge >= 0.3 is 6.03 Å². The highest BCUT2D eigenvalue weighted by atomic mass is 79.9. The van der Waals surface area contributed by atoms with Crippen molar-refractivity contribution in [3.8, 4) is 5.75 Å². The third-order valence-corrected chi connectivity index (χ3v) is 3.85. The van der Waals surface area contributed by atoms with Gasteiger partial charge in [0.15, 0.2) is 0 Å². The largest absolute Gasteiger partial charge is 0.494 e. The SMILES string of the molecule is CCOc1ccc([C@@H](C)NC(=O)Nc2ccccc2Br)cc1. The first-order valence-corrected chi connectivity index (χ1v) is 7.94. The predicted octanol–water partition coefficient (Wildman–Crippen LogP) is 4.73. The van der Waals surface area contributed by atoms with Gasteiger partial charge in [-0.15, -0.1) is 0 Å². The molecule has 0 aromatic heterocycles. The number of para-hydroxylation sites is 1. The lowest BCUT2D eigenvalue weighted by molar-refractivity contribution is 0.249. The molecule has 0 heterocycles. The zero-order valence-corrected chi connectivity index (χ0v) is 14.2. The summed E-state index contributed by atoms with van der Waals surface area (Å²) in [6.07, 6.45) is 0. The lowest BCUT2D eigenvalue weighted by Gasteiger charge is -2.16. The second-order valence-corrected chi connectivity index (χ2v) is 5.66. The van der Waals surface area contributed by atoms with E-state index in [1.54, 1.807) is 0 Å². The molecule has 0 aliphatic heterocycles. The number of rotatable bonds is 5. The van der Waals surface area contributed by atoms with Crippen molar-refractivity contribution in [2.24, 2.45) is 0 Å². The maximum absolute atomic E-state index is 12.1. The monoisotopic (exact) mass is 362 g/mol. The van der Waals surface area contributed by atoms with Crippen LogP contribution in [0.1, 0.15) is 25.5 Å². The van der Waals surface area contributed by atoms with Crippen molar-refractivity contribution < 1.29 is 9.53 Å². The molecule has 2 N–H and O–H groups in total. The van der Waals surface area contributed by atoms with Gasteiger partial charge in [0.05, 0.1) is 18.3 Å². The number of hydrogen-bond acceptors (Lipinski definition) is 2. The quantitative estimate of drug-likeness (QED) is 0.807. The predicted molar refractivity (Wildman–Crippen MR) is 92.3 cm³/mol. The normalized spacial score (nSPS) is 11.6. The van der Waals surface area contributed by atoms with Crippen LogP contribution in [0, 0.1) is 0 Å². The van der Waals surface area contributed by atoms with Gasteiger partial charge in [-0.3, -0.25) is 0 Å². The highest BCUT2D eigenvalue weighted by Gasteiger charge is 2.10. The minimum atomic E-state index is -0.242. The van der Waals surface area contributed by atoms with Gasteiger partial charge < -0.3 is 15.4 Å². The summed E-state index contributed by atoms with van der Waals surface area (Å²) in [6, 6.07) is 14.9. The Hall–Kier alpha value is -2.01. The molecule has 0 saturated heterocycles. The molecule has 116 valence electrons. The summed E-state index contributed by atoms with van der Waals surface area (Å²) < 4.78 is 6.26. The number of carbonyl (C=O) groups excluding carboxylic acids is 1. The number of halogens is 1. The molecule has 0 radical (unpaired) electrons. The van der Waals surface area contributed by atoms with E-state index < -0.39 is 0 Å². The number of hydrogen-bond donors (Lipinski definition) is 2. The summed E-state index contributed by atoms with van der Waals surface area (Å²) in [7, 11) is 0. The molecule has 0 spiro atoms. The summed E-state index contributed by atoms with van der Waals surface area (Å²) in [5.74, 6) is 0.830. The van der Waals surface area contributed by atoms with Gasteiger partial charge in [0.1, 0.15) is 5.75 Å². The fourth-order valence-corrected chi connectivity index (χ4v) is 2.40.